The number of ether oxygens (including phenoxy) is 2. The van der Waals surface area contributed by atoms with Crippen LogP contribution >= 0.6 is 0 Å². The molecule has 0 radical (unpaired) electrons. The van der Waals surface area contributed by atoms with E-state index in [0.717, 1.165) is 72.1 Å². The van der Waals surface area contributed by atoms with Crippen LogP contribution in [0.25, 0.3) is 11.1 Å². The molecular weight excluding hydrogens is 622 g/mol. The van der Waals surface area contributed by atoms with E-state index in [4.69, 9.17) is 9.47 Å². The van der Waals surface area contributed by atoms with Crippen molar-refractivity contribution in [3.05, 3.63) is 120 Å². The van der Waals surface area contributed by atoms with Crippen molar-refractivity contribution < 1.29 is 19.1 Å². The highest BCUT2D eigenvalue weighted by atomic mass is 16.6. The van der Waals surface area contributed by atoms with Gasteiger partial charge in [0.05, 0.1) is 6.10 Å². The van der Waals surface area contributed by atoms with Crippen molar-refractivity contribution in [2.45, 2.75) is 116 Å². The fraction of sp³-hybridized carbons (Fsp3) is 0.419. The molecule has 0 bridgehead atoms. The average molecular weight is 674 g/mol. The number of amides is 2. The van der Waals surface area contributed by atoms with Gasteiger partial charge in [-0.3, -0.25) is 9.78 Å². The maximum absolute atomic E-state index is 13.8. The lowest BCUT2D eigenvalue weighted by molar-refractivity contribution is 0.00987. The fourth-order valence-electron chi connectivity index (χ4n) is 7.05. The lowest BCUT2D eigenvalue weighted by atomic mass is 9.94. The monoisotopic (exact) mass is 673 g/mol. The first kappa shape index (κ1) is 35.2. The molecule has 0 unspecified atom stereocenters. The lowest BCUT2D eigenvalue weighted by Crippen LogP contribution is -2.43. The van der Waals surface area contributed by atoms with Crippen molar-refractivity contribution in [3.8, 4) is 16.9 Å². The zero-order valence-electron chi connectivity index (χ0n) is 29.9. The number of benzene rings is 3. The minimum atomic E-state index is -0.529. The van der Waals surface area contributed by atoms with E-state index in [1.165, 1.54) is 19.3 Å². The van der Waals surface area contributed by atoms with E-state index in [-0.39, 0.29) is 24.1 Å². The summed E-state index contributed by atoms with van der Waals surface area (Å²) < 4.78 is 11.9. The molecule has 7 heteroatoms. The molecular formula is C43H51N3O4. The van der Waals surface area contributed by atoms with Crippen LogP contribution in [0, 0.1) is 0 Å². The number of hydrogen-bond donors (Lipinski definition) is 0. The Hall–Kier alpha value is -4.65. The largest absolute Gasteiger partial charge is 0.490 e. The number of hydrogen-bond acceptors (Lipinski definition) is 5. The third kappa shape index (κ3) is 9.74. The van der Waals surface area contributed by atoms with Crippen LogP contribution in [0.2, 0.25) is 0 Å². The van der Waals surface area contributed by atoms with Gasteiger partial charge in [-0.15, -0.1) is 0 Å². The Morgan fingerprint density at radius 1 is 0.700 bits per heavy atom. The van der Waals surface area contributed by atoms with E-state index in [1.54, 1.807) is 6.20 Å². The molecule has 1 heterocycles. The predicted molar refractivity (Wildman–Crippen MR) is 198 cm³/mol. The first-order chi connectivity index (χ1) is 24.2. The van der Waals surface area contributed by atoms with Crippen molar-refractivity contribution in [3.63, 3.8) is 0 Å². The third-order valence-electron chi connectivity index (χ3n) is 9.70. The van der Waals surface area contributed by atoms with Crippen LogP contribution in [0.4, 0.5) is 4.79 Å². The molecule has 0 saturated heterocycles. The van der Waals surface area contributed by atoms with Gasteiger partial charge in [0.25, 0.3) is 5.91 Å². The van der Waals surface area contributed by atoms with Gasteiger partial charge in [-0.1, -0.05) is 73.9 Å². The van der Waals surface area contributed by atoms with E-state index in [2.05, 4.69) is 53.5 Å². The molecule has 4 aromatic rings. The van der Waals surface area contributed by atoms with Crippen LogP contribution in [-0.4, -0.2) is 44.5 Å². The summed E-state index contributed by atoms with van der Waals surface area (Å²) in [5, 5.41) is 0. The minimum absolute atomic E-state index is 0.0328. The summed E-state index contributed by atoms with van der Waals surface area (Å²) in [7, 11) is 0. The highest BCUT2D eigenvalue weighted by Crippen LogP contribution is 2.28. The number of rotatable bonds is 11. The second-order valence-electron chi connectivity index (χ2n) is 14.9. The zero-order chi connectivity index (χ0) is 34.9. The number of pyridine rings is 1. The minimum Gasteiger partial charge on any atom is -0.490 e. The van der Waals surface area contributed by atoms with E-state index >= 15 is 0 Å². The molecule has 2 aliphatic rings. The van der Waals surface area contributed by atoms with Crippen LogP contribution < -0.4 is 4.74 Å². The molecule has 2 amide bonds. The third-order valence-corrected chi connectivity index (χ3v) is 9.70. The quantitative estimate of drug-likeness (QED) is 0.159. The number of carbonyl (C=O) groups excluding carboxylic acids is 2. The molecule has 3 aromatic carbocycles. The molecule has 2 saturated carbocycles. The maximum Gasteiger partial charge on any atom is 0.410 e. The Labute approximate surface area is 297 Å². The van der Waals surface area contributed by atoms with Crippen molar-refractivity contribution in [1.82, 2.24) is 14.8 Å². The van der Waals surface area contributed by atoms with Gasteiger partial charge in [-0.25, -0.2) is 4.79 Å². The van der Waals surface area contributed by atoms with E-state index < -0.39 is 5.60 Å². The highest BCUT2D eigenvalue weighted by Gasteiger charge is 2.29. The van der Waals surface area contributed by atoms with Gasteiger partial charge in [0, 0.05) is 43.6 Å². The van der Waals surface area contributed by atoms with Gasteiger partial charge >= 0.3 is 6.09 Å². The summed E-state index contributed by atoms with van der Waals surface area (Å²) in [6.45, 7) is 7.23. The lowest BCUT2D eigenvalue weighted by Gasteiger charge is -2.35. The molecule has 262 valence electrons. The molecule has 2 fully saturated rings. The summed E-state index contributed by atoms with van der Waals surface area (Å²) in [5.41, 5.74) is 5.42. The summed E-state index contributed by atoms with van der Waals surface area (Å²) in [5.74, 6) is 0.787. The Morgan fingerprint density at radius 2 is 1.28 bits per heavy atom. The molecule has 50 heavy (non-hydrogen) atoms. The van der Waals surface area contributed by atoms with Crippen LogP contribution in [0.1, 0.15) is 106 Å². The number of carbonyl (C=O) groups is 2. The summed E-state index contributed by atoms with van der Waals surface area (Å²) in [4.78, 5) is 35.2. The average Bonchev–Trinajstić information content (AvgIpc) is 3.64. The van der Waals surface area contributed by atoms with Gasteiger partial charge < -0.3 is 19.3 Å². The van der Waals surface area contributed by atoms with Crippen molar-refractivity contribution in [2.75, 3.05) is 0 Å². The second-order valence-corrected chi connectivity index (χ2v) is 14.9. The van der Waals surface area contributed by atoms with Crippen molar-refractivity contribution >= 4 is 12.0 Å². The Morgan fingerprint density at radius 3 is 1.86 bits per heavy atom. The van der Waals surface area contributed by atoms with Gasteiger partial charge in [0.2, 0.25) is 0 Å². The Bertz CT molecular complexity index is 1670. The summed E-state index contributed by atoms with van der Waals surface area (Å²) >= 11 is 0. The van der Waals surface area contributed by atoms with Crippen molar-refractivity contribution in [1.29, 1.82) is 0 Å². The fourth-order valence-corrected chi connectivity index (χ4v) is 7.05. The highest BCUT2D eigenvalue weighted by molar-refractivity contribution is 5.94. The smallest absolute Gasteiger partial charge is 0.410 e. The molecule has 6 rings (SSSR count). The topological polar surface area (TPSA) is 72.0 Å². The van der Waals surface area contributed by atoms with Crippen LogP contribution in [0.3, 0.4) is 0 Å². The van der Waals surface area contributed by atoms with Gasteiger partial charge in [-0.2, -0.15) is 0 Å². The molecule has 0 N–H and O–H groups in total. The molecule has 0 atom stereocenters. The SMILES string of the molecule is CC(C)(C)OC(=O)N(Cc1ccc(-c2ccc(CN(Cc3cccnc3)C(=O)c3ccc(OC4CCCC4)cc3)cc2)cc1)C1CCCCC1. The molecule has 2 aliphatic carbocycles. The number of aromatic nitrogens is 1. The molecule has 7 nitrogen and oxygen atoms in total. The van der Waals surface area contributed by atoms with Gasteiger partial charge in [0.15, 0.2) is 0 Å². The van der Waals surface area contributed by atoms with Gasteiger partial charge in [-0.05, 0) is 117 Å². The first-order valence-electron chi connectivity index (χ1n) is 18.3. The van der Waals surface area contributed by atoms with E-state index in [1.807, 2.05) is 73.2 Å². The molecule has 0 aliphatic heterocycles. The van der Waals surface area contributed by atoms with Gasteiger partial charge in [0.1, 0.15) is 11.4 Å². The number of nitrogens with zero attached hydrogens (tertiary/aromatic N) is 3. The molecule has 0 spiro atoms. The maximum atomic E-state index is 13.8. The van der Waals surface area contributed by atoms with E-state index in [9.17, 15) is 9.59 Å². The summed E-state index contributed by atoms with van der Waals surface area (Å²) in [6.07, 6.45) is 13.8. The summed E-state index contributed by atoms with van der Waals surface area (Å²) in [6, 6.07) is 28.6. The predicted octanol–water partition coefficient (Wildman–Crippen LogP) is 9.98. The van der Waals surface area contributed by atoms with Crippen LogP contribution in [0.15, 0.2) is 97.3 Å². The van der Waals surface area contributed by atoms with E-state index in [0.29, 0.717) is 25.2 Å². The normalized spacial score (nSPS) is 15.4. The second kappa shape index (κ2) is 16.4. The first-order valence-corrected chi connectivity index (χ1v) is 18.3. The Kier molecular flexibility index (Phi) is 11.5. The van der Waals surface area contributed by atoms with Crippen molar-refractivity contribution in [2.24, 2.45) is 0 Å². The van der Waals surface area contributed by atoms with Crippen LogP contribution in [-0.2, 0) is 24.4 Å². The zero-order valence-corrected chi connectivity index (χ0v) is 29.9. The Balaban J connectivity index is 1.13. The standard InChI is InChI=1S/C43H51N3O4/c1-43(2,3)50-42(48)46(38-11-5-4-6-12-38)31-33-17-21-36(22-18-33)35-19-15-32(16-20-35)29-45(30-34-10-9-27-44-28-34)41(47)37-23-25-40(26-24-37)49-39-13-7-8-14-39/h9-10,15-28,38-39H,4-8,11-14,29-31H2,1-3H3. The molecule has 1 aromatic heterocycles. The van der Waals surface area contributed by atoms with Crippen LogP contribution in [0.5, 0.6) is 5.75 Å².